The minimum Gasteiger partial charge on any atom is -0.507 e. The zero-order valence-electron chi connectivity index (χ0n) is 30.0. The Morgan fingerprint density at radius 2 is 0.936 bits per heavy atom. The Balaban J connectivity index is 3.55. The Hall–Kier alpha value is -2.38. The molecule has 0 spiro atoms. The molecule has 2 aromatic rings. The molecular formula is C39H58F6O2. The highest BCUT2D eigenvalue weighted by atomic mass is 19.4. The molecule has 1 unspecified atom stereocenters. The first kappa shape index (κ1) is 40.8. The van der Waals surface area contributed by atoms with E-state index in [-0.39, 0.29) is 65.7 Å². The van der Waals surface area contributed by atoms with Crippen molar-refractivity contribution in [1.29, 1.82) is 0 Å². The van der Waals surface area contributed by atoms with Crippen LogP contribution in [0.5, 0.6) is 11.5 Å². The van der Waals surface area contributed by atoms with Crippen LogP contribution < -0.4 is 4.74 Å². The molecule has 0 aliphatic heterocycles. The van der Waals surface area contributed by atoms with Crippen molar-refractivity contribution in [2.24, 2.45) is 0 Å². The number of halogens is 6. The maximum atomic E-state index is 18.9. The van der Waals surface area contributed by atoms with Crippen LogP contribution in [0.25, 0.3) is 0 Å². The third kappa shape index (κ3) is 8.09. The summed E-state index contributed by atoms with van der Waals surface area (Å²) in [5.41, 5.74) is -3.42. The molecule has 0 aliphatic rings. The van der Waals surface area contributed by atoms with Crippen molar-refractivity contribution < 1.29 is 36.2 Å². The van der Waals surface area contributed by atoms with Crippen LogP contribution in [0.3, 0.4) is 0 Å². The van der Waals surface area contributed by atoms with E-state index in [1.807, 2.05) is 48.5 Å². The first-order valence-corrected chi connectivity index (χ1v) is 18.1. The summed E-state index contributed by atoms with van der Waals surface area (Å²) < 4.78 is 103. The molecule has 0 heterocycles. The number of ether oxygens (including phenoxy) is 1. The molecule has 47 heavy (non-hydrogen) atoms. The van der Waals surface area contributed by atoms with Gasteiger partial charge in [-0.15, -0.1) is 0 Å². The fraction of sp³-hybridized carbons (Fsp3) is 0.692. The third-order valence-electron chi connectivity index (χ3n) is 8.95. The molecule has 2 aromatic carbocycles. The zero-order valence-corrected chi connectivity index (χ0v) is 30.0. The van der Waals surface area contributed by atoms with Crippen LogP contribution in [-0.2, 0) is 50.6 Å². The summed E-state index contributed by atoms with van der Waals surface area (Å²) in [6.07, 6.45) is -0.686. The highest BCUT2D eigenvalue weighted by molar-refractivity contribution is 5.64. The summed E-state index contributed by atoms with van der Waals surface area (Å²) in [4.78, 5) is 0. The lowest BCUT2D eigenvalue weighted by molar-refractivity contribution is -0.323. The molecular weight excluding hydrogens is 614 g/mol. The number of phenols is 1. The maximum Gasteiger partial charge on any atom is 0.457 e. The van der Waals surface area contributed by atoms with E-state index >= 15 is 13.2 Å². The summed E-state index contributed by atoms with van der Waals surface area (Å²) >= 11 is 0. The molecule has 1 atom stereocenters. The number of hydrogen-bond donors (Lipinski definition) is 1. The van der Waals surface area contributed by atoms with Crippen LogP contribution in [0.4, 0.5) is 26.3 Å². The van der Waals surface area contributed by atoms with Crippen LogP contribution in [0.1, 0.15) is 157 Å². The molecule has 0 saturated carbocycles. The van der Waals surface area contributed by atoms with Crippen molar-refractivity contribution in [3.8, 4) is 11.5 Å². The second-order valence-corrected chi connectivity index (χ2v) is 12.8. The summed E-state index contributed by atoms with van der Waals surface area (Å²) in [5, 5.41) is 11.4. The van der Waals surface area contributed by atoms with E-state index < -0.39 is 28.9 Å². The van der Waals surface area contributed by atoms with Gasteiger partial charge in [-0.25, -0.2) is 4.39 Å². The fourth-order valence-corrected chi connectivity index (χ4v) is 7.12. The Labute approximate surface area is 279 Å². The molecule has 8 heteroatoms. The average molecular weight is 673 g/mol. The second-order valence-electron chi connectivity index (χ2n) is 12.8. The SMILES string of the molecule is CCCOc1c(CCC)c(CCC)c(C(F)(c2cc(CCC)c(O)c(CCC)c2CCC)C(F)(F)C(F)(F)F)c(CCC)c1CCC. The Morgan fingerprint density at radius 1 is 0.532 bits per heavy atom. The summed E-state index contributed by atoms with van der Waals surface area (Å²) in [6.45, 7) is 15.2. The average Bonchev–Trinajstić information content (AvgIpc) is 3.01. The topological polar surface area (TPSA) is 29.5 Å². The van der Waals surface area contributed by atoms with Crippen LogP contribution in [0.15, 0.2) is 6.07 Å². The summed E-state index contributed by atoms with van der Waals surface area (Å²) in [5.74, 6) is -5.37. The van der Waals surface area contributed by atoms with Gasteiger partial charge in [-0.2, -0.15) is 22.0 Å². The van der Waals surface area contributed by atoms with Gasteiger partial charge in [-0.3, -0.25) is 0 Å². The zero-order chi connectivity index (χ0) is 35.6. The number of rotatable bonds is 20. The van der Waals surface area contributed by atoms with E-state index in [1.54, 1.807) is 6.92 Å². The number of alkyl halides is 6. The molecule has 2 nitrogen and oxygen atoms in total. The van der Waals surface area contributed by atoms with Crippen molar-refractivity contribution in [2.75, 3.05) is 6.61 Å². The van der Waals surface area contributed by atoms with Gasteiger partial charge in [0.15, 0.2) is 0 Å². The standard InChI is InChI=1S/C39H58F6O2/c1-9-17-26-25-33(27(18-10-2)30(21-13-5)35(26)46)37(40,38(41,42)39(43,44)45)34-28(19-11-3)31(22-14-6)36(47-24-16-8)32(23-15-7)29(34)20-12-4/h25,46H,9-24H2,1-8H3. The lowest BCUT2D eigenvalue weighted by atomic mass is 9.70. The van der Waals surface area contributed by atoms with E-state index in [4.69, 9.17) is 4.74 Å². The lowest BCUT2D eigenvalue weighted by Crippen LogP contribution is -2.54. The fourth-order valence-electron chi connectivity index (χ4n) is 7.12. The Morgan fingerprint density at radius 3 is 1.34 bits per heavy atom. The van der Waals surface area contributed by atoms with Crippen molar-refractivity contribution >= 4 is 0 Å². The van der Waals surface area contributed by atoms with Gasteiger partial charge < -0.3 is 9.84 Å². The maximum absolute atomic E-state index is 18.9. The number of aromatic hydroxyl groups is 1. The van der Waals surface area contributed by atoms with E-state index in [0.29, 0.717) is 87.7 Å². The number of benzene rings is 2. The normalized spacial score (nSPS) is 13.7. The molecule has 0 aromatic heterocycles. The minimum atomic E-state index is -6.20. The first-order valence-electron chi connectivity index (χ1n) is 18.1. The quantitative estimate of drug-likeness (QED) is 0.142. The number of aryl methyl sites for hydroxylation is 1. The molecule has 0 fully saturated rings. The van der Waals surface area contributed by atoms with Gasteiger partial charge >= 0.3 is 12.1 Å². The Kier molecular flexibility index (Phi) is 15.5. The number of phenolic OH excluding ortho intramolecular Hbond substituents is 1. The molecule has 268 valence electrons. The summed E-state index contributed by atoms with van der Waals surface area (Å²) in [6, 6.07) is 1.13. The van der Waals surface area contributed by atoms with Gasteiger partial charge in [-0.05, 0) is 96.4 Å². The number of hydrogen-bond acceptors (Lipinski definition) is 2. The lowest BCUT2D eigenvalue weighted by Gasteiger charge is -2.41. The molecule has 0 amide bonds. The predicted octanol–water partition coefficient (Wildman–Crippen LogP) is 12.3. The molecule has 0 bridgehead atoms. The van der Waals surface area contributed by atoms with Gasteiger partial charge in [0, 0.05) is 11.1 Å². The Bertz CT molecular complexity index is 1260. The van der Waals surface area contributed by atoms with Gasteiger partial charge in [0.05, 0.1) is 6.61 Å². The molecule has 2 rings (SSSR count). The second kappa shape index (κ2) is 17.9. The predicted molar refractivity (Wildman–Crippen MR) is 181 cm³/mol. The molecule has 0 aliphatic carbocycles. The van der Waals surface area contributed by atoms with E-state index in [1.165, 1.54) is 0 Å². The van der Waals surface area contributed by atoms with Crippen LogP contribution in [-0.4, -0.2) is 23.8 Å². The minimum absolute atomic E-state index is 0.0534. The van der Waals surface area contributed by atoms with Crippen LogP contribution >= 0.6 is 0 Å². The van der Waals surface area contributed by atoms with Crippen molar-refractivity contribution in [3.63, 3.8) is 0 Å². The largest absolute Gasteiger partial charge is 0.507 e. The third-order valence-corrected chi connectivity index (χ3v) is 8.95. The van der Waals surface area contributed by atoms with Gasteiger partial charge in [0.25, 0.3) is 0 Å². The molecule has 0 radical (unpaired) electrons. The van der Waals surface area contributed by atoms with Crippen molar-refractivity contribution in [2.45, 2.75) is 169 Å². The highest BCUT2D eigenvalue weighted by Gasteiger charge is 2.74. The van der Waals surface area contributed by atoms with E-state index in [2.05, 4.69) is 0 Å². The molecule has 0 saturated heterocycles. The van der Waals surface area contributed by atoms with Gasteiger partial charge in [0.1, 0.15) is 11.5 Å². The van der Waals surface area contributed by atoms with E-state index in [9.17, 15) is 18.3 Å². The monoisotopic (exact) mass is 672 g/mol. The van der Waals surface area contributed by atoms with Crippen LogP contribution in [0.2, 0.25) is 0 Å². The van der Waals surface area contributed by atoms with Crippen LogP contribution in [0, 0.1) is 0 Å². The van der Waals surface area contributed by atoms with Gasteiger partial charge in [0.2, 0.25) is 5.67 Å². The van der Waals surface area contributed by atoms with Crippen molar-refractivity contribution in [1.82, 2.24) is 0 Å². The smallest absolute Gasteiger partial charge is 0.457 e. The molecule has 1 N–H and O–H groups in total. The summed E-state index contributed by atoms with van der Waals surface area (Å²) in [7, 11) is 0. The van der Waals surface area contributed by atoms with Crippen molar-refractivity contribution in [3.05, 3.63) is 56.1 Å². The first-order chi connectivity index (χ1) is 22.2. The van der Waals surface area contributed by atoms with E-state index in [0.717, 1.165) is 6.07 Å². The van der Waals surface area contributed by atoms with Gasteiger partial charge in [-0.1, -0.05) is 100 Å². The highest BCUT2D eigenvalue weighted by Crippen LogP contribution is 2.59.